The van der Waals surface area contributed by atoms with E-state index in [1.165, 1.54) is 0 Å². The van der Waals surface area contributed by atoms with Gasteiger partial charge in [0.15, 0.2) is 11.3 Å². The first-order chi connectivity index (χ1) is 10.9. The molecule has 0 saturated carbocycles. The standard InChI is InChI=1S/C7H5BrClN3.C7H6ClN3/c1-4-7(8)12-6(10-4)3-2-5(9)11-12;1-5-4-11-7(9-5)3-2-6(8)10-11/h2-3H,1H3;2-4H,1H3. The Kier molecular flexibility index (Phi) is 4.52. The van der Waals surface area contributed by atoms with Crippen LogP contribution in [0.15, 0.2) is 35.1 Å². The smallest absolute Gasteiger partial charge is 0.155 e. The van der Waals surface area contributed by atoms with E-state index in [-0.39, 0.29) is 0 Å². The van der Waals surface area contributed by atoms with Crippen LogP contribution in [0.3, 0.4) is 0 Å². The molecule has 0 aromatic carbocycles. The van der Waals surface area contributed by atoms with Gasteiger partial charge in [-0.2, -0.15) is 10.2 Å². The molecule has 4 rings (SSSR count). The van der Waals surface area contributed by atoms with Gasteiger partial charge in [0, 0.05) is 0 Å². The van der Waals surface area contributed by atoms with Gasteiger partial charge in [0.1, 0.15) is 14.9 Å². The average molecular weight is 414 g/mol. The van der Waals surface area contributed by atoms with Crippen LogP contribution >= 0.6 is 39.1 Å². The summed E-state index contributed by atoms with van der Waals surface area (Å²) in [4.78, 5) is 8.44. The second-order valence-electron chi connectivity index (χ2n) is 4.76. The number of fused-ring (bicyclic) bond motifs is 2. The van der Waals surface area contributed by atoms with Crippen LogP contribution < -0.4 is 0 Å². The van der Waals surface area contributed by atoms with Gasteiger partial charge in [-0.05, 0) is 54.0 Å². The molecule has 118 valence electrons. The Bertz CT molecular complexity index is 994. The molecule has 0 unspecified atom stereocenters. The number of nitrogens with zero attached hydrogens (tertiary/aromatic N) is 6. The molecule has 0 saturated heterocycles. The molecule has 0 atom stereocenters. The van der Waals surface area contributed by atoms with Crippen molar-refractivity contribution < 1.29 is 0 Å². The van der Waals surface area contributed by atoms with Crippen molar-refractivity contribution in [3.05, 3.63) is 56.8 Å². The quantitative estimate of drug-likeness (QED) is 0.434. The molecular weight excluding hydrogens is 403 g/mol. The SMILES string of the molecule is Cc1cn2nc(Cl)ccc2n1.Cc1nc2ccc(Cl)nn2c1Br. The number of imidazole rings is 2. The number of aromatic nitrogens is 6. The van der Waals surface area contributed by atoms with Crippen LogP contribution in [0.4, 0.5) is 0 Å². The topological polar surface area (TPSA) is 60.4 Å². The van der Waals surface area contributed by atoms with Gasteiger partial charge >= 0.3 is 0 Å². The monoisotopic (exact) mass is 412 g/mol. The predicted octanol–water partition coefficient (Wildman–Crippen LogP) is 4.14. The average Bonchev–Trinajstić information content (AvgIpc) is 3.00. The molecule has 9 heteroatoms. The lowest BCUT2D eigenvalue weighted by molar-refractivity contribution is 0.913. The summed E-state index contributed by atoms with van der Waals surface area (Å²) < 4.78 is 4.18. The zero-order valence-corrected chi connectivity index (χ0v) is 15.3. The van der Waals surface area contributed by atoms with Crippen molar-refractivity contribution in [2.24, 2.45) is 0 Å². The van der Waals surface area contributed by atoms with E-state index < -0.39 is 0 Å². The van der Waals surface area contributed by atoms with Crippen LogP contribution in [0.2, 0.25) is 10.3 Å². The van der Waals surface area contributed by atoms with E-state index >= 15 is 0 Å². The van der Waals surface area contributed by atoms with Gasteiger partial charge in [0.2, 0.25) is 0 Å². The maximum Gasteiger partial charge on any atom is 0.155 e. The van der Waals surface area contributed by atoms with E-state index in [0.717, 1.165) is 27.3 Å². The predicted molar refractivity (Wildman–Crippen MR) is 93.2 cm³/mol. The Labute approximate surface area is 150 Å². The Morgan fingerprint density at radius 2 is 1.57 bits per heavy atom. The Morgan fingerprint density at radius 3 is 2.30 bits per heavy atom. The van der Waals surface area contributed by atoms with Crippen LogP contribution in [0.5, 0.6) is 0 Å². The lowest BCUT2D eigenvalue weighted by atomic mass is 10.6. The Balaban J connectivity index is 0.000000136. The molecule has 0 aliphatic carbocycles. The minimum absolute atomic E-state index is 0.459. The summed E-state index contributed by atoms with van der Waals surface area (Å²) in [5, 5.41) is 9.03. The van der Waals surface area contributed by atoms with Gasteiger partial charge in [-0.25, -0.2) is 19.0 Å². The van der Waals surface area contributed by atoms with Gasteiger partial charge in [0.25, 0.3) is 0 Å². The molecule has 0 fully saturated rings. The normalized spacial score (nSPS) is 10.8. The van der Waals surface area contributed by atoms with Crippen LogP contribution in [-0.2, 0) is 0 Å². The first-order valence-corrected chi connectivity index (χ1v) is 8.15. The molecular formula is C14H11BrCl2N6. The van der Waals surface area contributed by atoms with E-state index in [1.54, 1.807) is 21.2 Å². The lowest BCUT2D eigenvalue weighted by Crippen LogP contribution is -1.90. The van der Waals surface area contributed by atoms with Gasteiger partial charge < -0.3 is 0 Å². The van der Waals surface area contributed by atoms with Gasteiger partial charge in [0.05, 0.1) is 17.6 Å². The van der Waals surface area contributed by atoms with Crippen LogP contribution in [0.25, 0.3) is 11.3 Å². The zero-order chi connectivity index (χ0) is 16.6. The van der Waals surface area contributed by atoms with Gasteiger partial charge in [-0.1, -0.05) is 23.2 Å². The highest BCUT2D eigenvalue weighted by Crippen LogP contribution is 2.17. The minimum atomic E-state index is 0.459. The number of halogens is 3. The van der Waals surface area contributed by atoms with Crippen LogP contribution in [0, 0.1) is 13.8 Å². The van der Waals surface area contributed by atoms with Crippen molar-refractivity contribution in [1.82, 2.24) is 29.2 Å². The van der Waals surface area contributed by atoms with Crippen LogP contribution in [-0.4, -0.2) is 29.2 Å². The fraction of sp³-hybridized carbons (Fsp3) is 0.143. The second-order valence-corrected chi connectivity index (χ2v) is 6.28. The molecule has 4 aromatic rings. The number of aryl methyl sites for hydroxylation is 2. The van der Waals surface area contributed by atoms with E-state index in [2.05, 4.69) is 36.1 Å². The summed E-state index contributed by atoms with van der Waals surface area (Å²) in [5.41, 5.74) is 3.47. The Hall–Kier alpha value is -1.70. The summed E-state index contributed by atoms with van der Waals surface area (Å²) in [5.74, 6) is 0. The molecule has 4 heterocycles. The van der Waals surface area contributed by atoms with Crippen molar-refractivity contribution >= 4 is 50.4 Å². The zero-order valence-electron chi connectivity index (χ0n) is 12.2. The highest BCUT2D eigenvalue weighted by Gasteiger charge is 2.05. The highest BCUT2D eigenvalue weighted by atomic mass is 79.9. The lowest BCUT2D eigenvalue weighted by Gasteiger charge is -1.93. The van der Waals surface area contributed by atoms with Crippen molar-refractivity contribution in [3.8, 4) is 0 Å². The third-order valence-corrected chi connectivity index (χ3v) is 4.27. The van der Waals surface area contributed by atoms with E-state index in [9.17, 15) is 0 Å². The van der Waals surface area contributed by atoms with Crippen LogP contribution in [0.1, 0.15) is 11.4 Å². The minimum Gasteiger partial charge on any atom is -0.232 e. The second kappa shape index (κ2) is 6.43. The number of hydrogen-bond acceptors (Lipinski definition) is 4. The molecule has 0 amide bonds. The Morgan fingerprint density at radius 1 is 0.913 bits per heavy atom. The molecule has 0 aliphatic rings. The third kappa shape index (κ3) is 3.46. The summed E-state index contributed by atoms with van der Waals surface area (Å²) in [7, 11) is 0. The molecule has 0 bridgehead atoms. The summed E-state index contributed by atoms with van der Waals surface area (Å²) >= 11 is 14.8. The van der Waals surface area contributed by atoms with Crippen molar-refractivity contribution in [2.45, 2.75) is 13.8 Å². The van der Waals surface area contributed by atoms with Crippen molar-refractivity contribution in [3.63, 3.8) is 0 Å². The molecule has 23 heavy (non-hydrogen) atoms. The van der Waals surface area contributed by atoms with Crippen molar-refractivity contribution in [2.75, 3.05) is 0 Å². The maximum atomic E-state index is 5.72. The van der Waals surface area contributed by atoms with E-state index in [0.29, 0.717) is 10.3 Å². The summed E-state index contributed by atoms with van der Waals surface area (Å²) in [6, 6.07) is 7.11. The van der Waals surface area contributed by atoms with E-state index in [1.807, 2.05) is 32.2 Å². The highest BCUT2D eigenvalue weighted by molar-refractivity contribution is 9.10. The third-order valence-electron chi connectivity index (χ3n) is 2.96. The largest absolute Gasteiger partial charge is 0.232 e. The molecule has 6 nitrogen and oxygen atoms in total. The van der Waals surface area contributed by atoms with Crippen molar-refractivity contribution in [1.29, 1.82) is 0 Å². The molecule has 0 aliphatic heterocycles. The van der Waals surface area contributed by atoms with Gasteiger partial charge in [-0.3, -0.25) is 0 Å². The molecule has 0 spiro atoms. The fourth-order valence-electron chi connectivity index (χ4n) is 1.97. The molecule has 0 radical (unpaired) electrons. The summed E-state index contributed by atoms with van der Waals surface area (Å²) in [6.45, 7) is 3.83. The maximum absolute atomic E-state index is 5.72. The fourth-order valence-corrected chi connectivity index (χ4v) is 2.60. The first kappa shape index (κ1) is 16.2. The number of rotatable bonds is 0. The van der Waals surface area contributed by atoms with E-state index in [4.69, 9.17) is 23.2 Å². The number of hydrogen-bond donors (Lipinski definition) is 0. The molecule has 0 N–H and O–H groups in total. The first-order valence-electron chi connectivity index (χ1n) is 6.60. The summed E-state index contributed by atoms with van der Waals surface area (Å²) in [6.07, 6.45) is 1.83. The molecule has 4 aromatic heterocycles. The van der Waals surface area contributed by atoms with Gasteiger partial charge in [-0.15, -0.1) is 0 Å².